The van der Waals surface area contributed by atoms with Gasteiger partial charge in [0.2, 0.25) is 6.20 Å². The van der Waals surface area contributed by atoms with Crippen LogP contribution in [0.15, 0.2) is 11.8 Å². The molecule has 0 radical (unpaired) electrons. The first kappa shape index (κ1) is 5.24. The van der Waals surface area contributed by atoms with Crippen LogP contribution in [0.2, 0.25) is 0 Å². The van der Waals surface area contributed by atoms with Crippen molar-refractivity contribution in [3.63, 3.8) is 0 Å². The van der Waals surface area contributed by atoms with E-state index in [1.54, 1.807) is 0 Å². The van der Waals surface area contributed by atoms with Crippen molar-refractivity contribution in [3.8, 4) is 0 Å². The number of nitrogens with zero attached hydrogens (tertiary/aromatic N) is 1. The lowest BCUT2D eigenvalue weighted by atomic mass is 10.3. The molecule has 0 unspecified atom stereocenters. The van der Waals surface area contributed by atoms with Gasteiger partial charge >= 0.3 is 0 Å². The van der Waals surface area contributed by atoms with E-state index in [9.17, 15) is 10.1 Å². The van der Waals surface area contributed by atoms with E-state index in [1.807, 2.05) is 0 Å². The molecule has 0 aromatic carbocycles. The number of ether oxygens (including phenoxy) is 1. The highest BCUT2D eigenvalue weighted by Gasteiger charge is 2.11. The SMILES string of the molecule is O=[N+]([O-])C=C1COC1. The average molecular weight is 115 g/mol. The fraction of sp³-hybridized carbons (Fsp3) is 0.500. The van der Waals surface area contributed by atoms with Crippen LogP contribution in [0.5, 0.6) is 0 Å². The Morgan fingerprint density at radius 2 is 2.38 bits per heavy atom. The molecule has 1 heterocycles. The Kier molecular flexibility index (Phi) is 1.26. The molecule has 4 nitrogen and oxygen atoms in total. The summed E-state index contributed by atoms with van der Waals surface area (Å²) in [6.07, 6.45) is 0.990. The van der Waals surface area contributed by atoms with Gasteiger partial charge in [0.25, 0.3) is 0 Å². The van der Waals surface area contributed by atoms with E-state index in [4.69, 9.17) is 0 Å². The Hall–Kier alpha value is -0.900. The Bertz CT molecular complexity index is 134. The van der Waals surface area contributed by atoms with E-state index < -0.39 is 4.92 Å². The Labute approximate surface area is 45.9 Å². The predicted molar refractivity (Wildman–Crippen MR) is 25.9 cm³/mol. The molecule has 0 atom stereocenters. The summed E-state index contributed by atoms with van der Waals surface area (Å²) in [5.74, 6) is 0. The van der Waals surface area contributed by atoms with Crippen LogP contribution in [0.25, 0.3) is 0 Å². The van der Waals surface area contributed by atoms with Gasteiger partial charge in [0.15, 0.2) is 0 Å². The van der Waals surface area contributed by atoms with Crippen LogP contribution in [0.4, 0.5) is 0 Å². The summed E-state index contributed by atoms with van der Waals surface area (Å²) in [7, 11) is 0. The van der Waals surface area contributed by atoms with E-state index in [0.29, 0.717) is 13.2 Å². The summed E-state index contributed by atoms with van der Waals surface area (Å²) >= 11 is 0. The quantitative estimate of drug-likeness (QED) is 0.361. The maximum Gasteiger partial charge on any atom is 0.238 e. The van der Waals surface area contributed by atoms with Crippen LogP contribution in [-0.2, 0) is 4.74 Å². The van der Waals surface area contributed by atoms with Crippen LogP contribution in [0.3, 0.4) is 0 Å². The van der Waals surface area contributed by atoms with Gasteiger partial charge < -0.3 is 4.74 Å². The monoisotopic (exact) mass is 115 g/mol. The molecule has 8 heavy (non-hydrogen) atoms. The molecule has 0 spiro atoms. The number of rotatable bonds is 1. The van der Waals surface area contributed by atoms with Crippen LogP contribution in [0, 0.1) is 10.1 Å². The third-order valence-corrected chi connectivity index (χ3v) is 0.863. The standard InChI is InChI=1S/C4H5NO3/c6-5(7)1-4-2-8-3-4/h1H,2-3H2. The lowest BCUT2D eigenvalue weighted by Gasteiger charge is -2.13. The van der Waals surface area contributed by atoms with E-state index >= 15 is 0 Å². The first-order chi connectivity index (χ1) is 3.79. The zero-order valence-electron chi connectivity index (χ0n) is 4.16. The fourth-order valence-corrected chi connectivity index (χ4v) is 0.444. The minimum absolute atomic E-state index is 0.432. The summed E-state index contributed by atoms with van der Waals surface area (Å²) in [6, 6.07) is 0. The fourth-order valence-electron chi connectivity index (χ4n) is 0.444. The third kappa shape index (κ3) is 1.04. The van der Waals surface area contributed by atoms with Crippen LogP contribution in [0.1, 0.15) is 0 Å². The largest absolute Gasteiger partial charge is 0.372 e. The Morgan fingerprint density at radius 3 is 2.50 bits per heavy atom. The highest BCUT2D eigenvalue weighted by Crippen LogP contribution is 2.06. The zero-order chi connectivity index (χ0) is 5.98. The number of hydrogen-bond acceptors (Lipinski definition) is 3. The van der Waals surface area contributed by atoms with Crippen molar-refractivity contribution >= 4 is 0 Å². The molecule has 44 valence electrons. The highest BCUT2D eigenvalue weighted by molar-refractivity contribution is 5.04. The van der Waals surface area contributed by atoms with Gasteiger partial charge in [-0.15, -0.1) is 0 Å². The van der Waals surface area contributed by atoms with Gasteiger partial charge in [0.05, 0.1) is 23.7 Å². The maximum atomic E-state index is 9.68. The van der Waals surface area contributed by atoms with E-state index in [0.717, 1.165) is 11.8 Å². The summed E-state index contributed by atoms with van der Waals surface area (Å²) in [4.78, 5) is 9.22. The second-order valence-corrected chi connectivity index (χ2v) is 1.57. The van der Waals surface area contributed by atoms with Crippen molar-refractivity contribution in [3.05, 3.63) is 21.9 Å². The number of hydrogen-bond donors (Lipinski definition) is 0. The minimum atomic E-state index is -0.460. The second-order valence-electron chi connectivity index (χ2n) is 1.57. The van der Waals surface area contributed by atoms with Gasteiger partial charge in [-0.2, -0.15) is 0 Å². The summed E-state index contributed by atoms with van der Waals surface area (Å²) in [5, 5.41) is 9.68. The van der Waals surface area contributed by atoms with Gasteiger partial charge in [-0.1, -0.05) is 0 Å². The summed E-state index contributed by atoms with van der Waals surface area (Å²) in [5.41, 5.74) is 0.759. The van der Waals surface area contributed by atoms with Crippen LogP contribution in [-0.4, -0.2) is 18.1 Å². The van der Waals surface area contributed by atoms with Crippen LogP contribution < -0.4 is 0 Å². The molecule has 0 aromatic rings. The van der Waals surface area contributed by atoms with Crippen molar-refractivity contribution in [2.24, 2.45) is 0 Å². The van der Waals surface area contributed by atoms with Crippen molar-refractivity contribution in [2.75, 3.05) is 13.2 Å². The highest BCUT2D eigenvalue weighted by atomic mass is 16.6. The zero-order valence-corrected chi connectivity index (χ0v) is 4.16. The second kappa shape index (κ2) is 1.92. The molecule has 0 N–H and O–H groups in total. The van der Waals surface area contributed by atoms with Gasteiger partial charge in [-0.25, -0.2) is 0 Å². The van der Waals surface area contributed by atoms with Crippen molar-refractivity contribution in [1.82, 2.24) is 0 Å². The number of nitro groups is 1. The molecule has 0 amide bonds. The molecule has 0 bridgehead atoms. The third-order valence-electron chi connectivity index (χ3n) is 0.863. The topological polar surface area (TPSA) is 52.4 Å². The van der Waals surface area contributed by atoms with Gasteiger partial charge in [0.1, 0.15) is 0 Å². The Morgan fingerprint density at radius 1 is 1.75 bits per heavy atom. The normalized spacial score (nSPS) is 17.2. The molecule has 0 aromatic heterocycles. The molecular formula is C4H5NO3. The lowest BCUT2D eigenvalue weighted by Crippen LogP contribution is -2.17. The molecule has 4 heteroatoms. The van der Waals surface area contributed by atoms with Gasteiger partial charge in [-0.05, 0) is 0 Å². The van der Waals surface area contributed by atoms with Gasteiger partial charge in [-0.3, -0.25) is 10.1 Å². The van der Waals surface area contributed by atoms with Crippen molar-refractivity contribution in [2.45, 2.75) is 0 Å². The van der Waals surface area contributed by atoms with Crippen molar-refractivity contribution in [1.29, 1.82) is 0 Å². The minimum Gasteiger partial charge on any atom is -0.372 e. The predicted octanol–water partition coefficient (Wildman–Crippen LogP) is 0.177. The maximum absolute atomic E-state index is 9.68. The molecule has 1 aliphatic rings. The average Bonchev–Trinajstić information content (AvgIpc) is 1.55. The molecule has 1 saturated heterocycles. The van der Waals surface area contributed by atoms with E-state index in [-0.39, 0.29) is 0 Å². The summed E-state index contributed by atoms with van der Waals surface area (Å²) in [6.45, 7) is 0.863. The molecule has 1 fully saturated rings. The van der Waals surface area contributed by atoms with Crippen LogP contribution >= 0.6 is 0 Å². The summed E-state index contributed by atoms with van der Waals surface area (Å²) < 4.78 is 4.66. The first-order valence-corrected chi connectivity index (χ1v) is 2.20. The van der Waals surface area contributed by atoms with E-state index in [2.05, 4.69) is 4.74 Å². The first-order valence-electron chi connectivity index (χ1n) is 2.20. The molecular weight excluding hydrogens is 110 g/mol. The molecule has 1 rings (SSSR count). The molecule has 0 saturated carbocycles. The lowest BCUT2D eigenvalue weighted by molar-refractivity contribution is -0.404. The Balaban J connectivity index is 2.42. The van der Waals surface area contributed by atoms with Crippen molar-refractivity contribution < 1.29 is 9.66 Å². The molecule has 1 aliphatic heterocycles. The van der Waals surface area contributed by atoms with Gasteiger partial charge in [0, 0.05) is 0 Å². The smallest absolute Gasteiger partial charge is 0.238 e. The van der Waals surface area contributed by atoms with E-state index in [1.165, 1.54) is 0 Å². The molecule has 0 aliphatic carbocycles.